The number of hydrogen-bond donors (Lipinski definition) is 1. The number of aliphatic carboxylic acids is 1. The summed E-state index contributed by atoms with van der Waals surface area (Å²) in [5, 5.41) is 8.59. The van der Waals surface area contributed by atoms with Gasteiger partial charge >= 0.3 is 5.97 Å². The molecule has 5 nitrogen and oxygen atoms in total. The van der Waals surface area contributed by atoms with Gasteiger partial charge in [-0.25, -0.2) is 0 Å². The highest BCUT2D eigenvalue weighted by atomic mass is 16.4. The summed E-state index contributed by atoms with van der Waals surface area (Å²) in [6, 6.07) is 0.116. The molecule has 16 heavy (non-hydrogen) atoms. The minimum atomic E-state index is -0.790. The molecule has 0 bridgehead atoms. The number of rotatable bonds is 7. The fourth-order valence-corrected chi connectivity index (χ4v) is 1.41. The zero-order chi connectivity index (χ0) is 12.7. The number of hydrogen-bond acceptors (Lipinski definition) is 3. The van der Waals surface area contributed by atoms with Crippen LogP contribution in [0.3, 0.4) is 0 Å². The van der Waals surface area contributed by atoms with E-state index in [1.54, 1.807) is 19.0 Å². The van der Waals surface area contributed by atoms with Crippen LogP contribution < -0.4 is 0 Å². The number of carbonyl (C=O) groups is 2. The maximum Gasteiger partial charge on any atom is 0.303 e. The normalized spacial score (nSPS) is 12.6. The third-order valence-electron chi connectivity index (χ3n) is 2.64. The average molecular weight is 230 g/mol. The number of carbonyl (C=O) groups excluding carboxylic acids is 1. The van der Waals surface area contributed by atoms with Gasteiger partial charge in [0, 0.05) is 26.6 Å². The summed E-state index contributed by atoms with van der Waals surface area (Å²) in [4.78, 5) is 25.5. The molecule has 1 atom stereocenters. The number of amides is 1. The topological polar surface area (TPSA) is 60.9 Å². The summed E-state index contributed by atoms with van der Waals surface area (Å²) < 4.78 is 0. The lowest BCUT2D eigenvalue weighted by Gasteiger charge is -2.27. The molecule has 0 spiro atoms. The number of likely N-dealkylation sites (N-methyl/N-ethyl adjacent to an activating group) is 2. The highest BCUT2D eigenvalue weighted by Gasteiger charge is 2.17. The molecule has 0 radical (unpaired) electrons. The van der Waals surface area contributed by atoms with Crippen molar-refractivity contribution in [1.82, 2.24) is 9.80 Å². The van der Waals surface area contributed by atoms with E-state index in [1.807, 2.05) is 18.7 Å². The van der Waals surface area contributed by atoms with Gasteiger partial charge in [-0.05, 0) is 19.9 Å². The van der Waals surface area contributed by atoms with Crippen LogP contribution in [0, 0.1) is 0 Å². The third-order valence-corrected chi connectivity index (χ3v) is 2.64. The summed E-state index contributed by atoms with van der Waals surface area (Å²) in [5.41, 5.74) is 0. The molecule has 0 aromatic heterocycles. The van der Waals surface area contributed by atoms with Gasteiger partial charge in [0.15, 0.2) is 0 Å². The van der Waals surface area contributed by atoms with Crippen LogP contribution in [-0.4, -0.2) is 60.0 Å². The molecule has 5 heteroatoms. The van der Waals surface area contributed by atoms with Crippen molar-refractivity contribution >= 4 is 11.9 Å². The summed E-state index contributed by atoms with van der Waals surface area (Å²) in [5.74, 6) is -0.745. The van der Waals surface area contributed by atoms with Crippen LogP contribution in [0.15, 0.2) is 0 Å². The van der Waals surface area contributed by atoms with Crippen LogP contribution in [0.1, 0.15) is 26.7 Å². The lowest BCUT2D eigenvalue weighted by molar-refractivity contribution is -0.137. The Hall–Kier alpha value is -1.10. The Balaban J connectivity index is 4.15. The third kappa shape index (κ3) is 5.70. The summed E-state index contributed by atoms with van der Waals surface area (Å²) in [6.07, 6.45) is 0.720. The van der Waals surface area contributed by atoms with E-state index < -0.39 is 5.97 Å². The number of nitrogens with zero attached hydrogens (tertiary/aromatic N) is 2. The van der Waals surface area contributed by atoms with Gasteiger partial charge in [-0.1, -0.05) is 6.92 Å². The molecule has 0 saturated heterocycles. The second-order valence-electron chi connectivity index (χ2n) is 4.13. The van der Waals surface area contributed by atoms with E-state index in [-0.39, 0.29) is 18.4 Å². The molecule has 0 aromatic rings. The fourth-order valence-electron chi connectivity index (χ4n) is 1.41. The van der Waals surface area contributed by atoms with Crippen LogP contribution in [0.25, 0.3) is 0 Å². The highest BCUT2D eigenvalue weighted by molar-refractivity contribution is 5.77. The average Bonchev–Trinajstić information content (AvgIpc) is 2.21. The van der Waals surface area contributed by atoms with E-state index in [9.17, 15) is 9.59 Å². The molecule has 0 rings (SSSR count). The predicted molar refractivity (Wildman–Crippen MR) is 62.3 cm³/mol. The van der Waals surface area contributed by atoms with Gasteiger partial charge in [0.1, 0.15) is 0 Å². The number of carboxylic acids is 1. The smallest absolute Gasteiger partial charge is 0.303 e. The Kier molecular flexibility index (Phi) is 6.72. The van der Waals surface area contributed by atoms with Crippen molar-refractivity contribution in [2.24, 2.45) is 0 Å². The van der Waals surface area contributed by atoms with Gasteiger partial charge in [-0.3, -0.25) is 14.5 Å². The minimum absolute atomic E-state index is 0.0454. The zero-order valence-corrected chi connectivity index (χ0v) is 10.6. The lowest BCUT2D eigenvalue weighted by Crippen LogP contribution is -2.41. The molecule has 0 aromatic carbocycles. The molecule has 0 aliphatic heterocycles. The summed E-state index contributed by atoms with van der Waals surface area (Å²) in [7, 11) is 3.44. The van der Waals surface area contributed by atoms with Gasteiger partial charge in [-0.15, -0.1) is 0 Å². The Morgan fingerprint density at radius 3 is 2.25 bits per heavy atom. The van der Waals surface area contributed by atoms with Crippen molar-refractivity contribution in [3.8, 4) is 0 Å². The van der Waals surface area contributed by atoms with Crippen LogP contribution in [0.2, 0.25) is 0 Å². The van der Waals surface area contributed by atoms with Crippen molar-refractivity contribution in [1.29, 1.82) is 0 Å². The first-order valence-corrected chi connectivity index (χ1v) is 5.54. The largest absolute Gasteiger partial charge is 0.481 e. The van der Waals surface area contributed by atoms with Crippen LogP contribution in [-0.2, 0) is 9.59 Å². The Labute approximate surface area is 97.0 Å². The molecule has 0 aliphatic carbocycles. The molecule has 1 unspecified atom stereocenters. The molecule has 0 fully saturated rings. The Morgan fingerprint density at radius 1 is 1.31 bits per heavy atom. The summed E-state index contributed by atoms with van der Waals surface area (Å²) >= 11 is 0. The van der Waals surface area contributed by atoms with Crippen LogP contribution in [0.4, 0.5) is 0 Å². The first kappa shape index (κ1) is 14.9. The van der Waals surface area contributed by atoms with Crippen molar-refractivity contribution in [2.45, 2.75) is 32.7 Å². The molecule has 1 amide bonds. The van der Waals surface area contributed by atoms with Gasteiger partial charge in [0.05, 0.1) is 6.54 Å². The van der Waals surface area contributed by atoms with Crippen molar-refractivity contribution < 1.29 is 14.7 Å². The van der Waals surface area contributed by atoms with Gasteiger partial charge in [0.2, 0.25) is 5.91 Å². The van der Waals surface area contributed by atoms with E-state index in [4.69, 9.17) is 5.11 Å². The first-order valence-electron chi connectivity index (χ1n) is 5.54. The van der Waals surface area contributed by atoms with E-state index in [1.165, 1.54) is 0 Å². The predicted octanol–water partition coefficient (Wildman–Crippen LogP) is 0.650. The standard InChI is InChI=1S/C11H22N2O3/c1-5-13(8-10(14)12(3)4)9(2)6-7-11(15)16/h9H,5-8H2,1-4H3,(H,15,16). The second kappa shape index (κ2) is 7.22. The Bertz CT molecular complexity index is 241. The van der Waals surface area contributed by atoms with Crippen LogP contribution >= 0.6 is 0 Å². The second-order valence-corrected chi connectivity index (χ2v) is 4.13. The van der Waals surface area contributed by atoms with Crippen molar-refractivity contribution in [3.05, 3.63) is 0 Å². The fraction of sp³-hybridized carbons (Fsp3) is 0.818. The van der Waals surface area contributed by atoms with Gasteiger partial charge in [0.25, 0.3) is 0 Å². The molecular formula is C11H22N2O3. The Morgan fingerprint density at radius 2 is 1.88 bits per heavy atom. The minimum Gasteiger partial charge on any atom is -0.481 e. The van der Waals surface area contributed by atoms with E-state index in [0.29, 0.717) is 13.0 Å². The van der Waals surface area contributed by atoms with Crippen molar-refractivity contribution in [2.75, 3.05) is 27.2 Å². The maximum absolute atomic E-state index is 11.5. The molecule has 0 heterocycles. The van der Waals surface area contributed by atoms with Crippen molar-refractivity contribution in [3.63, 3.8) is 0 Å². The molecular weight excluding hydrogens is 208 g/mol. The number of carboxylic acid groups (broad SMARTS) is 1. The molecule has 94 valence electrons. The molecule has 0 saturated carbocycles. The quantitative estimate of drug-likeness (QED) is 0.697. The summed E-state index contributed by atoms with van der Waals surface area (Å²) in [6.45, 7) is 5.03. The molecule has 0 aliphatic rings. The highest BCUT2D eigenvalue weighted by Crippen LogP contribution is 2.06. The monoisotopic (exact) mass is 230 g/mol. The lowest BCUT2D eigenvalue weighted by atomic mass is 10.1. The SMILES string of the molecule is CCN(CC(=O)N(C)C)C(C)CCC(=O)O. The van der Waals surface area contributed by atoms with Gasteiger partial charge in [-0.2, -0.15) is 0 Å². The molecule has 1 N–H and O–H groups in total. The first-order chi connectivity index (χ1) is 7.38. The zero-order valence-electron chi connectivity index (χ0n) is 10.6. The van der Waals surface area contributed by atoms with E-state index >= 15 is 0 Å². The van der Waals surface area contributed by atoms with Gasteiger partial charge < -0.3 is 10.0 Å². The van der Waals surface area contributed by atoms with E-state index in [0.717, 1.165) is 6.54 Å². The maximum atomic E-state index is 11.5. The van der Waals surface area contributed by atoms with Crippen LogP contribution in [0.5, 0.6) is 0 Å². The van der Waals surface area contributed by atoms with E-state index in [2.05, 4.69) is 0 Å².